The number of hydrogen-bond acceptors (Lipinski definition) is 3. The fraction of sp³-hybridized carbons (Fsp3) is 0.0769. The summed E-state index contributed by atoms with van der Waals surface area (Å²) >= 11 is 1.96. The quantitative estimate of drug-likeness (QED) is 0.170. The van der Waals surface area contributed by atoms with E-state index in [1.807, 2.05) is 35.9 Å². The van der Waals surface area contributed by atoms with E-state index < -0.39 is 0 Å². The Morgan fingerprint density at radius 3 is 1.77 bits per heavy atom. The summed E-state index contributed by atoms with van der Waals surface area (Å²) in [6, 6.07) is 50.5. The smallest absolute Gasteiger partial charge is 0.0708 e. The molecule has 4 heterocycles. The number of benzene rings is 5. The van der Waals surface area contributed by atoms with E-state index in [2.05, 4.69) is 162 Å². The summed E-state index contributed by atoms with van der Waals surface area (Å²) in [5, 5.41) is 3.79. The van der Waals surface area contributed by atoms with Crippen molar-refractivity contribution in [3.8, 4) is 50.5 Å². The fourth-order valence-electron chi connectivity index (χ4n) is 8.90. The predicted molar refractivity (Wildman–Crippen MR) is 236 cm³/mol. The first-order chi connectivity index (χ1) is 27.8. The Labute approximate surface area is 330 Å². The largest absolute Gasteiger partial charge is 0.309 e. The topological polar surface area (TPSA) is 30.7 Å². The highest BCUT2D eigenvalue weighted by Crippen LogP contribution is 2.44. The average Bonchev–Trinajstić information content (AvgIpc) is 3.81. The number of allylic oxidation sites excluding steroid dienone is 5. The summed E-state index contributed by atoms with van der Waals surface area (Å²) in [7, 11) is 0. The molecule has 4 heteroatoms. The van der Waals surface area contributed by atoms with Crippen LogP contribution in [0.25, 0.3) is 88.4 Å². The lowest BCUT2D eigenvalue weighted by molar-refractivity contribution is 0.715. The second-order valence-corrected chi connectivity index (χ2v) is 16.0. The zero-order valence-corrected chi connectivity index (χ0v) is 31.6. The molecule has 2 aliphatic carbocycles. The lowest BCUT2D eigenvalue weighted by atomic mass is 9.84. The minimum Gasteiger partial charge on any atom is -0.309 e. The first-order valence-electron chi connectivity index (χ1n) is 19.5. The Morgan fingerprint density at radius 1 is 0.554 bits per heavy atom. The summed E-state index contributed by atoms with van der Waals surface area (Å²) in [4.78, 5) is 11.0. The molecule has 4 aromatic heterocycles. The van der Waals surface area contributed by atoms with Crippen LogP contribution in [0.4, 0.5) is 0 Å². The lowest BCUT2D eigenvalue weighted by Crippen LogP contribution is -2.06. The van der Waals surface area contributed by atoms with Gasteiger partial charge >= 0.3 is 0 Å². The van der Waals surface area contributed by atoms with Gasteiger partial charge in [-0.15, -0.1) is 11.3 Å². The van der Waals surface area contributed by atoms with Crippen LogP contribution in [0.15, 0.2) is 182 Å². The van der Waals surface area contributed by atoms with Gasteiger partial charge in [-0.05, 0) is 114 Å². The minimum absolute atomic E-state index is 0.498. The van der Waals surface area contributed by atoms with Crippen LogP contribution in [0.2, 0.25) is 0 Å². The van der Waals surface area contributed by atoms with Gasteiger partial charge in [-0.25, -0.2) is 0 Å². The van der Waals surface area contributed by atoms with E-state index in [9.17, 15) is 0 Å². The number of pyridine rings is 2. The Kier molecular flexibility index (Phi) is 7.96. The van der Waals surface area contributed by atoms with Gasteiger partial charge in [-0.3, -0.25) is 9.97 Å². The highest BCUT2D eigenvalue weighted by molar-refractivity contribution is 7.19. The molecule has 0 bridgehead atoms. The summed E-state index contributed by atoms with van der Waals surface area (Å²) in [5.41, 5.74) is 15.4. The van der Waals surface area contributed by atoms with Gasteiger partial charge in [0.05, 0.1) is 22.4 Å². The predicted octanol–water partition coefficient (Wildman–Crippen LogP) is 13.9. The molecule has 0 saturated carbocycles. The zero-order chi connectivity index (χ0) is 37.0. The molecule has 9 aromatic rings. The molecule has 0 radical (unpaired) electrons. The summed E-state index contributed by atoms with van der Waals surface area (Å²) < 4.78 is 3.83. The molecular formula is C52H37N3S. The van der Waals surface area contributed by atoms with E-state index in [4.69, 9.17) is 9.97 Å². The van der Waals surface area contributed by atoms with Crippen LogP contribution in [0.3, 0.4) is 0 Å². The second kappa shape index (κ2) is 13.6. The number of thiophene rings is 1. The van der Waals surface area contributed by atoms with Gasteiger partial charge in [0.25, 0.3) is 0 Å². The maximum atomic E-state index is 4.73. The van der Waals surface area contributed by atoms with Gasteiger partial charge in [0.1, 0.15) is 0 Å². The molecule has 11 rings (SSSR count). The minimum atomic E-state index is 0.498. The molecule has 0 aliphatic heterocycles. The number of nitrogens with zero attached hydrogens (tertiary/aromatic N) is 3. The molecular weight excluding hydrogens is 699 g/mol. The maximum absolute atomic E-state index is 4.73. The van der Waals surface area contributed by atoms with Gasteiger partial charge < -0.3 is 4.57 Å². The van der Waals surface area contributed by atoms with Crippen LogP contribution < -0.4 is 0 Å². The van der Waals surface area contributed by atoms with Crippen molar-refractivity contribution in [1.82, 2.24) is 14.5 Å². The first kappa shape index (κ1) is 32.8. The van der Waals surface area contributed by atoms with Crippen molar-refractivity contribution in [2.24, 2.45) is 5.92 Å². The van der Waals surface area contributed by atoms with Crippen LogP contribution in [0.1, 0.15) is 23.3 Å². The molecule has 56 heavy (non-hydrogen) atoms. The van der Waals surface area contributed by atoms with Crippen molar-refractivity contribution in [2.45, 2.75) is 19.3 Å². The summed E-state index contributed by atoms with van der Waals surface area (Å²) in [6.45, 7) is 0. The van der Waals surface area contributed by atoms with Crippen molar-refractivity contribution < 1.29 is 0 Å². The molecule has 1 unspecified atom stereocenters. The van der Waals surface area contributed by atoms with Gasteiger partial charge in [0.2, 0.25) is 0 Å². The van der Waals surface area contributed by atoms with Gasteiger partial charge in [-0.1, -0.05) is 109 Å². The van der Waals surface area contributed by atoms with E-state index in [0.717, 1.165) is 41.8 Å². The molecule has 0 amide bonds. The van der Waals surface area contributed by atoms with Crippen molar-refractivity contribution in [2.75, 3.05) is 0 Å². The number of aryl methyl sites for hydroxylation is 1. The van der Waals surface area contributed by atoms with Crippen LogP contribution in [0, 0.1) is 5.92 Å². The lowest BCUT2D eigenvalue weighted by Gasteiger charge is -2.21. The number of aromatic nitrogens is 3. The Morgan fingerprint density at radius 2 is 1.18 bits per heavy atom. The molecule has 0 spiro atoms. The number of rotatable bonds is 6. The van der Waals surface area contributed by atoms with Crippen molar-refractivity contribution in [3.05, 3.63) is 192 Å². The van der Waals surface area contributed by atoms with Crippen LogP contribution in [0.5, 0.6) is 0 Å². The number of hydrogen-bond donors (Lipinski definition) is 0. The van der Waals surface area contributed by atoms with Crippen molar-refractivity contribution >= 4 is 49.3 Å². The molecule has 2 aliphatic rings. The fourth-order valence-corrected chi connectivity index (χ4v) is 10.1. The third-order valence-electron chi connectivity index (χ3n) is 11.6. The summed E-state index contributed by atoms with van der Waals surface area (Å²) in [6.07, 6.45) is 18.7. The van der Waals surface area contributed by atoms with Crippen molar-refractivity contribution in [1.29, 1.82) is 0 Å². The Bertz CT molecular complexity index is 2910. The normalized spacial score (nSPS) is 15.1. The molecule has 3 nitrogen and oxygen atoms in total. The van der Waals surface area contributed by atoms with E-state index in [1.54, 1.807) is 5.57 Å². The SMILES string of the molecule is C1=CCC(C2=Cc3c(sc4ccc(-n5c6ccc(-c7ccccc7-c7ccccn7)cc6c6cc(-c7ccccc7-c7ccccn7)ccc65)cc34)CC2)C=C1. The molecule has 0 N–H and O–H groups in total. The number of fused-ring (bicyclic) bond motifs is 6. The van der Waals surface area contributed by atoms with Crippen molar-refractivity contribution in [3.63, 3.8) is 0 Å². The third kappa shape index (κ3) is 5.56. The van der Waals surface area contributed by atoms with Crippen LogP contribution in [-0.4, -0.2) is 14.5 Å². The summed E-state index contributed by atoms with van der Waals surface area (Å²) in [5.74, 6) is 0.498. The van der Waals surface area contributed by atoms with Gasteiger partial charge in [0, 0.05) is 60.9 Å². The molecule has 5 aromatic carbocycles. The first-order valence-corrected chi connectivity index (χ1v) is 20.3. The molecule has 0 saturated heterocycles. The zero-order valence-electron chi connectivity index (χ0n) is 30.8. The maximum Gasteiger partial charge on any atom is 0.0708 e. The molecule has 1 atom stereocenters. The highest BCUT2D eigenvalue weighted by atomic mass is 32.1. The van der Waals surface area contributed by atoms with E-state index >= 15 is 0 Å². The highest BCUT2D eigenvalue weighted by Gasteiger charge is 2.22. The van der Waals surface area contributed by atoms with Crippen LogP contribution in [-0.2, 0) is 6.42 Å². The van der Waals surface area contributed by atoms with Gasteiger partial charge in [0.15, 0.2) is 0 Å². The van der Waals surface area contributed by atoms with E-state index in [1.165, 1.54) is 70.3 Å². The Hall–Kier alpha value is -6.62. The second-order valence-electron chi connectivity index (χ2n) is 14.8. The monoisotopic (exact) mass is 735 g/mol. The standard InChI is InChI=1S/C52H37N3S/c1-2-12-34(13-3-1)35-22-26-51-45(30-35)46-33-38(23-27-52(46)56-51)55-49-24-20-36(39-14-4-6-16-41(39)47-18-8-10-28-53-47)31-43(49)44-32-37(21-25-50(44)55)40-15-5-7-17-42(40)48-19-9-11-29-54-48/h1-12,14-21,23-25,27-34H,13,22,26H2. The van der Waals surface area contributed by atoms with E-state index in [-0.39, 0.29) is 0 Å². The average molecular weight is 736 g/mol. The van der Waals surface area contributed by atoms with E-state index in [0.29, 0.717) is 5.92 Å². The third-order valence-corrected chi connectivity index (χ3v) is 12.8. The van der Waals surface area contributed by atoms with Crippen LogP contribution >= 0.6 is 11.3 Å². The molecule has 0 fully saturated rings. The molecule has 266 valence electrons. The Balaban J connectivity index is 1.12. The van der Waals surface area contributed by atoms with Gasteiger partial charge in [-0.2, -0.15) is 0 Å².